The van der Waals surface area contributed by atoms with Crippen molar-refractivity contribution >= 4 is 36.3 Å². The average Bonchev–Trinajstić information content (AvgIpc) is 3.09. The number of hydrogen-bond donors (Lipinski definition) is 5. The molecule has 0 radical (unpaired) electrons. The molecule has 4 amide bonds. The van der Waals surface area contributed by atoms with Gasteiger partial charge in [0.05, 0.1) is 11.4 Å². The summed E-state index contributed by atoms with van der Waals surface area (Å²) in [6.45, 7) is 9.31. The Bertz CT molecular complexity index is 920. The van der Waals surface area contributed by atoms with Gasteiger partial charge in [0, 0.05) is 19.0 Å². The molecule has 0 unspecified atom stereocenters. The van der Waals surface area contributed by atoms with Crippen LogP contribution in [0.3, 0.4) is 0 Å². The second-order valence-electron chi connectivity index (χ2n) is 11.8. The molecule has 0 aromatic carbocycles. The van der Waals surface area contributed by atoms with Gasteiger partial charge in [-0.1, -0.05) is 34.6 Å². The lowest BCUT2D eigenvalue weighted by Crippen LogP contribution is -2.61. The topological polar surface area (TPSA) is 134 Å². The van der Waals surface area contributed by atoms with Crippen LogP contribution in [0.25, 0.3) is 0 Å². The maximum atomic E-state index is 13.6. The maximum absolute atomic E-state index is 13.6. The Morgan fingerprint density at radius 1 is 1.22 bits per heavy atom. The SMILES string of the molecule is CC(C)(C)[C@H](NC(=O)C(F)(F)F)C(=O)N1C[C@H]2[C@@H]([C@H]1C(=O)N[C@@H](C[C@@H]1CCNC1=O)[C@H](N)S)C2(C)C. The fourth-order valence-electron chi connectivity index (χ4n) is 5.57. The molecule has 2 aliphatic heterocycles. The Morgan fingerprint density at radius 3 is 2.31 bits per heavy atom. The van der Waals surface area contributed by atoms with Gasteiger partial charge >= 0.3 is 12.1 Å². The summed E-state index contributed by atoms with van der Waals surface area (Å²) in [5.41, 5.74) is 4.69. The van der Waals surface area contributed by atoms with Crippen LogP contribution in [-0.4, -0.2) is 71.3 Å². The van der Waals surface area contributed by atoms with Crippen LogP contribution < -0.4 is 21.7 Å². The summed E-state index contributed by atoms with van der Waals surface area (Å²) in [5, 5.41) is 6.64. The quantitative estimate of drug-likeness (QED) is 0.243. The minimum absolute atomic E-state index is 0.0140. The van der Waals surface area contributed by atoms with E-state index in [1.54, 1.807) is 20.8 Å². The van der Waals surface area contributed by atoms with Crippen molar-refractivity contribution in [2.45, 2.75) is 77.1 Å². The number of rotatable bonds is 7. The number of alkyl halides is 3. The Morgan fingerprint density at radius 2 is 1.83 bits per heavy atom. The summed E-state index contributed by atoms with van der Waals surface area (Å²) in [4.78, 5) is 52.1. The highest BCUT2D eigenvalue weighted by molar-refractivity contribution is 7.80. The molecule has 0 spiro atoms. The average molecular weight is 536 g/mol. The summed E-state index contributed by atoms with van der Waals surface area (Å²) in [5.74, 6) is -4.13. The first-order valence-corrected chi connectivity index (χ1v) is 12.6. The van der Waals surface area contributed by atoms with Gasteiger partial charge in [-0.25, -0.2) is 0 Å². The third kappa shape index (κ3) is 5.61. The predicted molar refractivity (Wildman–Crippen MR) is 128 cm³/mol. The van der Waals surface area contributed by atoms with Gasteiger partial charge in [0.1, 0.15) is 12.1 Å². The monoisotopic (exact) mass is 535 g/mol. The minimum Gasteiger partial charge on any atom is -0.356 e. The molecule has 3 aliphatic rings. The molecule has 36 heavy (non-hydrogen) atoms. The first-order valence-electron chi connectivity index (χ1n) is 12.1. The molecule has 5 N–H and O–H groups in total. The summed E-state index contributed by atoms with van der Waals surface area (Å²) in [7, 11) is 0. The van der Waals surface area contributed by atoms with Gasteiger partial charge in [-0.3, -0.25) is 19.2 Å². The third-order valence-corrected chi connectivity index (χ3v) is 8.21. The van der Waals surface area contributed by atoms with E-state index in [0.29, 0.717) is 13.0 Å². The van der Waals surface area contributed by atoms with Gasteiger partial charge in [0.15, 0.2) is 0 Å². The Hall–Kier alpha value is -2.02. The molecule has 9 nitrogen and oxygen atoms in total. The number of fused-ring (bicyclic) bond motifs is 1. The molecule has 1 saturated carbocycles. The highest BCUT2D eigenvalue weighted by Crippen LogP contribution is 2.65. The fourth-order valence-corrected chi connectivity index (χ4v) is 5.77. The van der Waals surface area contributed by atoms with Crippen LogP contribution in [0.1, 0.15) is 47.5 Å². The number of nitrogens with zero attached hydrogens (tertiary/aromatic N) is 1. The van der Waals surface area contributed by atoms with Crippen LogP contribution >= 0.6 is 12.6 Å². The van der Waals surface area contributed by atoms with E-state index in [1.165, 1.54) is 4.90 Å². The summed E-state index contributed by atoms with van der Waals surface area (Å²) in [6.07, 6.45) is -4.28. The normalized spacial score (nSPS) is 29.6. The summed E-state index contributed by atoms with van der Waals surface area (Å²) in [6, 6.07) is -3.10. The van der Waals surface area contributed by atoms with E-state index in [9.17, 15) is 32.3 Å². The zero-order valence-electron chi connectivity index (χ0n) is 21.1. The smallest absolute Gasteiger partial charge is 0.356 e. The van der Waals surface area contributed by atoms with Crippen LogP contribution in [0.5, 0.6) is 0 Å². The van der Waals surface area contributed by atoms with Crippen LogP contribution in [-0.2, 0) is 19.2 Å². The molecule has 2 saturated heterocycles. The van der Waals surface area contributed by atoms with Crippen molar-refractivity contribution in [1.29, 1.82) is 0 Å². The van der Waals surface area contributed by atoms with Crippen LogP contribution in [0, 0.1) is 28.6 Å². The molecule has 2 heterocycles. The first kappa shape index (κ1) is 28.5. The molecule has 3 rings (SSSR count). The van der Waals surface area contributed by atoms with Gasteiger partial charge in [-0.2, -0.15) is 25.8 Å². The van der Waals surface area contributed by atoms with Gasteiger partial charge in [-0.15, -0.1) is 0 Å². The molecular weight excluding hydrogens is 499 g/mol. The van der Waals surface area contributed by atoms with Crippen molar-refractivity contribution in [3.05, 3.63) is 0 Å². The number of thiol groups is 1. The highest BCUT2D eigenvalue weighted by Gasteiger charge is 2.70. The van der Waals surface area contributed by atoms with Crippen molar-refractivity contribution < 1.29 is 32.3 Å². The van der Waals surface area contributed by atoms with Crippen molar-refractivity contribution in [2.75, 3.05) is 13.1 Å². The third-order valence-electron chi connectivity index (χ3n) is 7.85. The van der Waals surface area contributed by atoms with Gasteiger partial charge in [-0.05, 0) is 35.5 Å². The Kier molecular flexibility index (Phi) is 7.69. The number of amides is 4. The molecule has 0 aromatic heterocycles. The van der Waals surface area contributed by atoms with Crippen molar-refractivity contribution in [3.8, 4) is 0 Å². The van der Waals surface area contributed by atoms with Crippen LogP contribution in [0.4, 0.5) is 13.2 Å². The molecular formula is C23H36F3N5O4S. The van der Waals surface area contributed by atoms with Gasteiger partial charge in [0.25, 0.3) is 0 Å². The highest BCUT2D eigenvalue weighted by atomic mass is 32.1. The van der Waals surface area contributed by atoms with E-state index in [2.05, 4.69) is 23.3 Å². The molecule has 7 atom stereocenters. The second-order valence-corrected chi connectivity index (χ2v) is 12.4. The lowest BCUT2D eigenvalue weighted by atomic mass is 9.85. The van der Waals surface area contributed by atoms with Crippen molar-refractivity contribution in [1.82, 2.24) is 20.9 Å². The number of carbonyl (C=O) groups is 4. The number of likely N-dealkylation sites (tertiary alicyclic amines) is 1. The fraction of sp³-hybridized carbons (Fsp3) is 0.826. The second kappa shape index (κ2) is 9.70. The van der Waals surface area contributed by atoms with Crippen LogP contribution in [0.15, 0.2) is 0 Å². The molecule has 204 valence electrons. The number of nitrogens with two attached hydrogens (primary N) is 1. The number of piperidine rings is 1. The molecule has 0 aromatic rings. The van der Waals surface area contributed by atoms with E-state index in [1.807, 2.05) is 19.2 Å². The summed E-state index contributed by atoms with van der Waals surface area (Å²) >= 11 is 4.27. The van der Waals surface area contributed by atoms with Gasteiger partial charge in [0.2, 0.25) is 17.7 Å². The van der Waals surface area contributed by atoms with Gasteiger partial charge < -0.3 is 26.6 Å². The first-order chi connectivity index (χ1) is 16.4. The molecule has 0 bridgehead atoms. The zero-order chi connectivity index (χ0) is 27.4. The van der Waals surface area contributed by atoms with E-state index >= 15 is 0 Å². The number of halogens is 3. The zero-order valence-corrected chi connectivity index (χ0v) is 22.0. The summed E-state index contributed by atoms with van der Waals surface area (Å²) < 4.78 is 38.9. The minimum atomic E-state index is -5.15. The lowest BCUT2D eigenvalue weighted by Gasteiger charge is -2.38. The largest absolute Gasteiger partial charge is 0.471 e. The number of hydrogen-bond acceptors (Lipinski definition) is 6. The molecule has 3 fully saturated rings. The maximum Gasteiger partial charge on any atom is 0.471 e. The number of carbonyl (C=O) groups excluding carboxylic acids is 4. The van der Waals surface area contributed by atoms with E-state index in [4.69, 9.17) is 5.73 Å². The number of nitrogens with one attached hydrogen (secondary N) is 3. The van der Waals surface area contributed by atoms with E-state index in [0.717, 1.165) is 0 Å². The lowest BCUT2D eigenvalue weighted by molar-refractivity contribution is -0.176. The Balaban J connectivity index is 1.83. The predicted octanol–water partition coefficient (Wildman–Crippen LogP) is 0.788. The molecule has 13 heteroatoms. The van der Waals surface area contributed by atoms with E-state index < -0.39 is 52.8 Å². The van der Waals surface area contributed by atoms with Crippen molar-refractivity contribution in [2.24, 2.45) is 34.3 Å². The van der Waals surface area contributed by atoms with E-state index in [-0.39, 0.29) is 42.0 Å². The Labute approximate surface area is 214 Å². The molecule has 1 aliphatic carbocycles. The van der Waals surface area contributed by atoms with Crippen molar-refractivity contribution in [3.63, 3.8) is 0 Å². The van der Waals surface area contributed by atoms with Crippen LogP contribution in [0.2, 0.25) is 0 Å². The standard InChI is InChI=1S/C23H36F3N5O4S/c1-21(2,3)15(30-20(35)23(24,25)26)19(34)31-9-11-13(22(11,4)5)14(31)18(33)29-12(16(27)36)8-10-6-7-28-17(10)32/h10-16,36H,6-9,27H2,1-5H3,(H,28,32)(H,29,33)(H,30,35)/t10-,11-,12-,13-,14-,15+,16+/m0/s1.